The van der Waals surface area contributed by atoms with Crippen LogP contribution in [0.3, 0.4) is 0 Å². The van der Waals surface area contributed by atoms with Gasteiger partial charge in [-0.1, -0.05) is 28.1 Å². The van der Waals surface area contributed by atoms with Crippen molar-refractivity contribution in [2.75, 3.05) is 6.54 Å². The largest absolute Gasteiger partial charge is 0.465 e. The van der Waals surface area contributed by atoms with E-state index in [1.807, 2.05) is 0 Å². The summed E-state index contributed by atoms with van der Waals surface area (Å²) < 4.78 is 40.9. The lowest BCUT2D eigenvalue weighted by Crippen LogP contribution is -2.37. The van der Waals surface area contributed by atoms with Crippen LogP contribution < -0.4 is 10.0 Å². The lowest BCUT2D eigenvalue weighted by molar-refractivity contribution is -0.387. The minimum absolute atomic E-state index is 0.162. The molecule has 0 saturated carbocycles. The van der Waals surface area contributed by atoms with E-state index >= 15 is 0 Å². The van der Waals surface area contributed by atoms with Crippen molar-refractivity contribution in [1.82, 2.24) is 10.0 Å². The van der Waals surface area contributed by atoms with Crippen LogP contribution in [0.4, 0.5) is 14.9 Å². The number of hydrogen-bond acceptors (Lipinski definition) is 5. The molecule has 0 aliphatic rings. The molecule has 2 rings (SSSR count). The van der Waals surface area contributed by atoms with Crippen LogP contribution >= 0.6 is 15.9 Å². The van der Waals surface area contributed by atoms with Crippen molar-refractivity contribution < 1.29 is 27.6 Å². The average Bonchev–Trinajstić information content (AvgIpc) is 2.57. The Labute approximate surface area is 161 Å². The summed E-state index contributed by atoms with van der Waals surface area (Å²) in [4.78, 5) is 20.6. The second kappa shape index (κ2) is 8.41. The van der Waals surface area contributed by atoms with Crippen LogP contribution in [-0.2, 0) is 10.0 Å². The molecular weight excluding hydrogens is 449 g/mol. The third kappa shape index (κ3) is 5.45. The van der Waals surface area contributed by atoms with Gasteiger partial charge in [0.2, 0.25) is 10.0 Å². The normalized spacial score (nSPS) is 12.4. The molecule has 0 radical (unpaired) electrons. The number of nitro groups is 1. The maximum Gasteiger partial charge on any atom is 0.405 e. The van der Waals surface area contributed by atoms with E-state index in [-0.39, 0.29) is 5.56 Å². The first kappa shape index (κ1) is 20.7. The number of benzene rings is 2. The molecule has 9 nitrogen and oxygen atoms in total. The van der Waals surface area contributed by atoms with Crippen molar-refractivity contribution >= 4 is 37.7 Å². The molecular formula is C15H13BrFN3O6S. The predicted octanol–water partition coefficient (Wildman–Crippen LogP) is 2.78. The molecule has 27 heavy (non-hydrogen) atoms. The Morgan fingerprint density at radius 2 is 1.96 bits per heavy atom. The summed E-state index contributed by atoms with van der Waals surface area (Å²) in [5, 5.41) is 22.1. The Morgan fingerprint density at radius 3 is 2.56 bits per heavy atom. The monoisotopic (exact) mass is 461 g/mol. The van der Waals surface area contributed by atoms with Gasteiger partial charge in [0.15, 0.2) is 4.90 Å². The van der Waals surface area contributed by atoms with Gasteiger partial charge in [0, 0.05) is 17.1 Å². The SMILES string of the molecule is O=C(O)N[C@H](CNS(=O)(=O)c1ccccc1[N+](=O)[O-])c1cc(F)cc(Br)c1. The molecule has 0 heterocycles. The van der Waals surface area contributed by atoms with E-state index in [4.69, 9.17) is 5.11 Å². The third-order valence-electron chi connectivity index (χ3n) is 3.41. The number of rotatable bonds is 7. The Bertz CT molecular complexity index is 965. The molecule has 0 fully saturated rings. The van der Waals surface area contributed by atoms with Crippen LogP contribution in [0.2, 0.25) is 0 Å². The summed E-state index contributed by atoms with van der Waals surface area (Å²) in [7, 11) is -4.33. The molecule has 0 spiro atoms. The maximum atomic E-state index is 13.6. The summed E-state index contributed by atoms with van der Waals surface area (Å²) >= 11 is 3.07. The number of sulfonamides is 1. The quantitative estimate of drug-likeness (QED) is 0.427. The standard InChI is InChI=1S/C15H13BrFN3O6S/c16-10-5-9(6-11(17)7-10)12(19-15(21)22)8-18-27(25,26)14-4-2-1-3-13(14)20(23)24/h1-7,12,18-19H,8H2,(H,21,22)/t12-/m1/s1. The van der Waals surface area contributed by atoms with Gasteiger partial charge in [-0.15, -0.1) is 0 Å². The molecule has 0 aliphatic heterocycles. The van der Waals surface area contributed by atoms with Crippen molar-refractivity contribution in [2.45, 2.75) is 10.9 Å². The van der Waals surface area contributed by atoms with Crippen LogP contribution in [0.1, 0.15) is 11.6 Å². The van der Waals surface area contributed by atoms with Crippen molar-refractivity contribution in [2.24, 2.45) is 0 Å². The van der Waals surface area contributed by atoms with Gasteiger partial charge in [0.25, 0.3) is 5.69 Å². The molecule has 1 amide bonds. The second-order valence-electron chi connectivity index (χ2n) is 5.28. The number of carbonyl (C=O) groups is 1. The average molecular weight is 462 g/mol. The van der Waals surface area contributed by atoms with Crippen molar-refractivity contribution in [3.05, 3.63) is 68.4 Å². The molecule has 0 aromatic heterocycles. The Balaban J connectivity index is 2.31. The molecule has 0 unspecified atom stereocenters. The number of nitrogens with zero attached hydrogens (tertiary/aromatic N) is 1. The molecule has 0 bridgehead atoms. The molecule has 2 aromatic carbocycles. The summed E-state index contributed by atoms with van der Waals surface area (Å²) in [5.74, 6) is -0.655. The van der Waals surface area contributed by atoms with E-state index in [1.54, 1.807) is 0 Å². The zero-order valence-corrected chi connectivity index (χ0v) is 15.8. The number of amides is 1. The first-order valence-electron chi connectivity index (χ1n) is 7.28. The van der Waals surface area contributed by atoms with Crippen LogP contribution in [0.25, 0.3) is 0 Å². The predicted molar refractivity (Wildman–Crippen MR) is 96.3 cm³/mol. The summed E-state index contributed by atoms with van der Waals surface area (Å²) in [6.45, 7) is -0.490. The summed E-state index contributed by atoms with van der Waals surface area (Å²) in [6.07, 6.45) is -1.45. The number of carboxylic acid groups (broad SMARTS) is 1. The van der Waals surface area contributed by atoms with Gasteiger partial charge in [0.05, 0.1) is 11.0 Å². The van der Waals surface area contributed by atoms with E-state index in [2.05, 4.69) is 26.0 Å². The highest BCUT2D eigenvalue weighted by Crippen LogP contribution is 2.24. The minimum Gasteiger partial charge on any atom is -0.465 e. The Morgan fingerprint density at radius 1 is 1.30 bits per heavy atom. The molecule has 12 heteroatoms. The fourth-order valence-electron chi connectivity index (χ4n) is 2.28. The number of hydrogen-bond donors (Lipinski definition) is 3. The van der Waals surface area contributed by atoms with Gasteiger partial charge in [-0.25, -0.2) is 22.3 Å². The highest BCUT2D eigenvalue weighted by molar-refractivity contribution is 9.10. The first-order chi connectivity index (χ1) is 12.6. The van der Waals surface area contributed by atoms with Gasteiger partial charge in [-0.3, -0.25) is 10.1 Å². The number of halogens is 2. The Kier molecular flexibility index (Phi) is 6.46. The molecule has 3 N–H and O–H groups in total. The third-order valence-corrected chi connectivity index (χ3v) is 5.34. The molecule has 144 valence electrons. The molecule has 2 aromatic rings. The van der Waals surface area contributed by atoms with E-state index in [1.165, 1.54) is 18.2 Å². The Hall–Kier alpha value is -2.57. The van der Waals surface area contributed by atoms with Crippen LogP contribution in [0.5, 0.6) is 0 Å². The number of para-hydroxylation sites is 1. The molecule has 1 atom stereocenters. The fourth-order valence-corrected chi connectivity index (χ4v) is 3.98. The van der Waals surface area contributed by atoms with Crippen LogP contribution in [-0.4, -0.2) is 31.1 Å². The van der Waals surface area contributed by atoms with Crippen molar-refractivity contribution in [1.29, 1.82) is 0 Å². The maximum absolute atomic E-state index is 13.6. The zero-order valence-electron chi connectivity index (χ0n) is 13.4. The zero-order chi connectivity index (χ0) is 20.2. The summed E-state index contributed by atoms with van der Waals surface area (Å²) in [5.41, 5.74) is -0.462. The molecule has 0 saturated heterocycles. The lowest BCUT2D eigenvalue weighted by Gasteiger charge is -2.18. The van der Waals surface area contributed by atoms with Gasteiger partial charge in [0.1, 0.15) is 5.82 Å². The van der Waals surface area contributed by atoms with E-state index in [0.717, 1.165) is 24.3 Å². The van der Waals surface area contributed by atoms with E-state index in [9.17, 15) is 27.7 Å². The topological polar surface area (TPSA) is 139 Å². The van der Waals surface area contributed by atoms with Crippen LogP contribution in [0, 0.1) is 15.9 Å². The number of nitrogens with one attached hydrogen (secondary N) is 2. The smallest absolute Gasteiger partial charge is 0.405 e. The van der Waals surface area contributed by atoms with Crippen LogP contribution in [0.15, 0.2) is 51.8 Å². The highest BCUT2D eigenvalue weighted by Gasteiger charge is 2.26. The van der Waals surface area contributed by atoms with Gasteiger partial charge in [-0.2, -0.15) is 0 Å². The van der Waals surface area contributed by atoms with E-state index < -0.39 is 50.0 Å². The van der Waals surface area contributed by atoms with Gasteiger partial charge < -0.3 is 10.4 Å². The summed E-state index contributed by atoms with van der Waals surface area (Å²) in [6, 6.07) is 7.21. The second-order valence-corrected chi connectivity index (χ2v) is 7.93. The number of nitro benzene ring substituents is 1. The first-order valence-corrected chi connectivity index (χ1v) is 9.56. The molecule has 0 aliphatic carbocycles. The lowest BCUT2D eigenvalue weighted by atomic mass is 10.1. The minimum atomic E-state index is -4.33. The van der Waals surface area contributed by atoms with Crippen molar-refractivity contribution in [3.8, 4) is 0 Å². The van der Waals surface area contributed by atoms with Crippen molar-refractivity contribution in [3.63, 3.8) is 0 Å². The van der Waals surface area contributed by atoms with Gasteiger partial charge in [-0.05, 0) is 29.8 Å². The highest BCUT2D eigenvalue weighted by atomic mass is 79.9. The van der Waals surface area contributed by atoms with Gasteiger partial charge >= 0.3 is 6.09 Å². The van der Waals surface area contributed by atoms with E-state index in [0.29, 0.717) is 4.47 Å². The fraction of sp³-hybridized carbons (Fsp3) is 0.133.